The van der Waals surface area contributed by atoms with Crippen LogP contribution >= 0.6 is 11.8 Å². The summed E-state index contributed by atoms with van der Waals surface area (Å²) in [6.45, 7) is 3.87. The summed E-state index contributed by atoms with van der Waals surface area (Å²) in [6, 6.07) is 11.0. The quantitative estimate of drug-likeness (QED) is 0.596. The molecule has 1 heterocycles. The van der Waals surface area contributed by atoms with E-state index in [1.807, 2.05) is 30.5 Å². The van der Waals surface area contributed by atoms with E-state index in [0.717, 1.165) is 17.7 Å². The Morgan fingerprint density at radius 2 is 2.00 bits per heavy atom. The Morgan fingerprint density at radius 1 is 1.24 bits per heavy atom. The Hall–Kier alpha value is -2.34. The van der Waals surface area contributed by atoms with E-state index in [1.54, 1.807) is 18.3 Å². The maximum atomic E-state index is 12.2. The van der Waals surface area contributed by atoms with Crippen molar-refractivity contribution in [2.75, 3.05) is 18.2 Å². The van der Waals surface area contributed by atoms with Crippen molar-refractivity contribution in [2.24, 2.45) is 0 Å². The molecule has 2 rings (SSSR count). The van der Waals surface area contributed by atoms with Gasteiger partial charge in [-0.25, -0.2) is 9.78 Å². The van der Waals surface area contributed by atoms with Crippen LogP contribution in [0.5, 0.6) is 0 Å². The van der Waals surface area contributed by atoms with Gasteiger partial charge in [-0.15, -0.1) is 11.8 Å². The molecular formula is C19H22N2O3S. The smallest absolute Gasteiger partial charge is 0.341 e. The third kappa shape index (κ3) is 5.06. The number of hydrogen-bond donors (Lipinski definition) is 1. The van der Waals surface area contributed by atoms with E-state index in [0.29, 0.717) is 16.5 Å². The molecule has 5 nitrogen and oxygen atoms in total. The zero-order valence-electron chi connectivity index (χ0n) is 14.6. The number of para-hydroxylation sites is 1. The number of ether oxygens (including phenoxy) is 1. The molecule has 1 atom stereocenters. The van der Waals surface area contributed by atoms with Gasteiger partial charge in [-0.3, -0.25) is 4.79 Å². The van der Waals surface area contributed by atoms with Crippen LogP contribution in [0.2, 0.25) is 0 Å². The molecule has 0 unspecified atom stereocenters. The molecule has 1 aromatic carbocycles. The van der Waals surface area contributed by atoms with E-state index in [1.165, 1.54) is 11.8 Å². The van der Waals surface area contributed by atoms with Gasteiger partial charge in [0.1, 0.15) is 5.03 Å². The highest BCUT2D eigenvalue weighted by Crippen LogP contribution is 2.26. The lowest BCUT2D eigenvalue weighted by Gasteiger charge is -2.15. The predicted molar refractivity (Wildman–Crippen MR) is 100 cm³/mol. The molecule has 0 fully saturated rings. The van der Waals surface area contributed by atoms with E-state index in [9.17, 15) is 9.59 Å². The summed E-state index contributed by atoms with van der Waals surface area (Å²) in [5.74, 6) is -0.583. The molecule has 0 saturated carbocycles. The number of amides is 1. The van der Waals surface area contributed by atoms with Crippen molar-refractivity contribution in [1.82, 2.24) is 4.98 Å². The maximum absolute atomic E-state index is 12.2. The van der Waals surface area contributed by atoms with Crippen LogP contribution in [0.25, 0.3) is 0 Å². The summed E-state index contributed by atoms with van der Waals surface area (Å²) in [6.07, 6.45) is 4.42. The molecule has 25 heavy (non-hydrogen) atoms. The Kier molecular flexibility index (Phi) is 7.01. The zero-order chi connectivity index (χ0) is 18.2. The Bertz CT molecular complexity index is 749. The summed E-state index contributed by atoms with van der Waals surface area (Å²) in [5, 5.41) is 3.40. The fourth-order valence-electron chi connectivity index (χ4n) is 2.36. The van der Waals surface area contributed by atoms with Crippen molar-refractivity contribution in [3.05, 3.63) is 53.7 Å². The predicted octanol–water partition coefficient (Wildman–Crippen LogP) is 4.11. The molecule has 0 aliphatic heterocycles. The Labute approximate surface area is 152 Å². The highest BCUT2D eigenvalue weighted by atomic mass is 32.2. The SMILES string of the molecule is CC[C@@H](C)c1ccccc1NC(=O)COC(=O)c1cccnc1SC. The van der Waals surface area contributed by atoms with E-state index in [2.05, 4.69) is 24.1 Å². The van der Waals surface area contributed by atoms with Crippen LogP contribution in [0.15, 0.2) is 47.6 Å². The fraction of sp³-hybridized carbons (Fsp3) is 0.316. The summed E-state index contributed by atoms with van der Waals surface area (Å²) in [5.41, 5.74) is 2.19. The first kappa shape index (κ1) is 19.0. The van der Waals surface area contributed by atoms with Crippen LogP contribution < -0.4 is 5.32 Å². The molecule has 0 saturated heterocycles. The van der Waals surface area contributed by atoms with E-state index in [-0.39, 0.29) is 12.5 Å². The molecule has 1 aromatic heterocycles. The van der Waals surface area contributed by atoms with Crippen LogP contribution in [-0.4, -0.2) is 29.7 Å². The molecule has 0 bridgehead atoms. The number of nitrogens with zero attached hydrogens (tertiary/aromatic N) is 1. The number of carbonyl (C=O) groups excluding carboxylic acids is 2. The van der Waals surface area contributed by atoms with Crippen LogP contribution in [0.3, 0.4) is 0 Å². The first-order valence-electron chi connectivity index (χ1n) is 8.11. The van der Waals surface area contributed by atoms with Crippen molar-refractivity contribution in [1.29, 1.82) is 0 Å². The third-order valence-electron chi connectivity index (χ3n) is 3.90. The molecule has 2 aromatic rings. The van der Waals surface area contributed by atoms with Gasteiger partial charge in [-0.1, -0.05) is 32.0 Å². The van der Waals surface area contributed by atoms with Gasteiger partial charge in [-0.2, -0.15) is 0 Å². The van der Waals surface area contributed by atoms with Gasteiger partial charge in [0.15, 0.2) is 6.61 Å². The van der Waals surface area contributed by atoms with Crippen molar-refractivity contribution in [3.8, 4) is 0 Å². The number of pyridine rings is 1. The van der Waals surface area contributed by atoms with Crippen LogP contribution in [0, 0.1) is 0 Å². The van der Waals surface area contributed by atoms with Gasteiger partial charge in [-0.05, 0) is 42.4 Å². The average molecular weight is 358 g/mol. The number of aromatic nitrogens is 1. The van der Waals surface area contributed by atoms with E-state index >= 15 is 0 Å². The number of rotatable bonds is 7. The van der Waals surface area contributed by atoms with E-state index < -0.39 is 5.97 Å². The van der Waals surface area contributed by atoms with Crippen LogP contribution in [0.1, 0.15) is 42.1 Å². The van der Waals surface area contributed by atoms with Gasteiger partial charge in [0, 0.05) is 11.9 Å². The summed E-state index contributed by atoms with van der Waals surface area (Å²) in [7, 11) is 0. The van der Waals surface area contributed by atoms with Crippen molar-refractivity contribution >= 4 is 29.3 Å². The van der Waals surface area contributed by atoms with Crippen molar-refractivity contribution in [3.63, 3.8) is 0 Å². The second kappa shape index (κ2) is 9.22. The number of anilines is 1. The van der Waals surface area contributed by atoms with Gasteiger partial charge in [0.2, 0.25) is 0 Å². The van der Waals surface area contributed by atoms with Gasteiger partial charge < -0.3 is 10.1 Å². The number of hydrogen-bond acceptors (Lipinski definition) is 5. The number of nitrogens with one attached hydrogen (secondary N) is 1. The highest BCUT2D eigenvalue weighted by Gasteiger charge is 2.16. The molecular weight excluding hydrogens is 336 g/mol. The lowest BCUT2D eigenvalue weighted by molar-refractivity contribution is -0.119. The van der Waals surface area contributed by atoms with Gasteiger partial charge in [0.05, 0.1) is 5.56 Å². The second-order valence-electron chi connectivity index (χ2n) is 5.58. The fourth-order valence-corrected chi connectivity index (χ4v) is 2.90. The van der Waals surface area contributed by atoms with Gasteiger partial charge >= 0.3 is 5.97 Å². The highest BCUT2D eigenvalue weighted by molar-refractivity contribution is 7.98. The summed E-state index contributed by atoms with van der Waals surface area (Å²) >= 11 is 1.36. The molecule has 0 aliphatic carbocycles. The van der Waals surface area contributed by atoms with Crippen molar-refractivity contribution < 1.29 is 14.3 Å². The lowest BCUT2D eigenvalue weighted by Crippen LogP contribution is -2.22. The first-order valence-corrected chi connectivity index (χ1v) is 9.34. The Balaban J connectivity index is 1.99. The zero-order valence-corrected chi connectivity index (χ0v) is 15.4. The number of thioether (sulfide) groups is 1. The normalized spacial score (nSPS) is 11.6. The summed E-state index contributed by atoms with van der Waals surface area (Å²) in [4.78, 5) is 28.4. The topological polar surface area (TPSA) is 68.3 Å². The molecule has 0 spiro atoms. The Morgan fingerprint density at radius 3 is 2.72 bits per heavy atom. The second-order valence-corrected chi connectivity index (χ2v) is 6.38. The minimum absolute atomic E-state index is 0.332. The number of carbonyl (C=O) groups is 2. The number of benzene rings is 1. The monoisotopic (exact) mass is 358 g/mol. The number of esters is 1. The van der Waals surface area contributed by atoms with Crippen LogP contribution in [-0.2, 0) is 9.53 Å². The molecule has 1 amide bonds. The molecule has 132 valence electrons. The van der Waals surface area contributed by atoms with Crippen molar-refractivity contribution in [2.45, 2.75) is 31.2 Å². The van der Waals surface area contributed by atoms with Gasteiger partial charge in [0.25, 0.3) is 5.91 Å². The average Bonchev–Trinajstić information content (AvgIpc) is 2.65. The summed E-state index contributed by atoms with van der Waals surface area (Å²) < 4.78 is 5.13. The standard InChI is InChI=1S/C19H22N2O3S/c1-4-13(2)14-8-5-6-10-16(14)21-17(22)12-24-19(23)15-9-7-11-20-18(15)25-3/h5-11,13H,4,12H2,1-3H3,(H,21,22)/t13-/m1/s1. The third-order valence-corrected chi connectivity index (χ3v) is 4.61. The minimum Gasteiger partial charge on any atom is -0.452 e. The largest absolute Gasteiger partial charge is 0.452 e. The molecule has 0 aliphatic rings. The molecule has 1 N–H and O–H groups in total. The van der Waals surface area contributed by atoms with E-state index in [4.69, 9.17) is 4.74 Å². The minimum atomic E-state index is -0.553. The molecule has 6 heteroatoms. The van der Waals surface area contributed by atoms with Crippen LogP contribution in [0.4, 0.5) is 5.69 Å². The molecule has 0 radical (unpaired) electrons. The lowest BCUT2D eigenvalue weighted by atomic mass is 9.97. The first-order chi connectivity index (χ1) is 12.1. The maximum Gasteiger partial charge on any atom is 0.341 e.